The van der Waals surface area contributed by atoms with Crippen LogP contribution in [0.3, 0.4) is 0 Å². The van der Waals surface area contributed by atoms with Gasteiger partial charge in [-0.2, -0.15) is 9.36 Å². The highest BCUT2D eigenvalue weighted by Gasteiger charge is 2.07. The van der Waals surface area contributed by atoms with Gasteiger partial charge in [0.25, 0.3) is 0 Å². The molecule has 0 aliphatic rings. The molecule has 68 valence electrons. The molecule has 0 radical (unpaired) electrons. The molecule has 2 rings (SSSR count). The van der Waals surface area contributed by atoms with Crippen LogP contribution in [0, 0.1) is 0 Å². The van der Waals surface area contributed by atoms with Gasteiger partial charge in [-0.1, -0.05) is 0 Å². The van der Waals surface area contributed by atoms with E-state index in [4.69, 9.17) is 10.5 Å². The maximum atomic E-state index is 5.42. The van der Waals surface area contributed by atoms with Crippen molar-refractivity contribution >= 4 is 28.8 Å². The molecule has 6 heteroatoms. The third-order valence-corrected chi connectivity index (χ3v) is 3.27. The summed E-state index contributed by atoms with van der Waals surface area (Å²) in [5.41, 5.74) is 5.42. The zero-order valence-corrected chi connectivity index (χ0v) is 8.48. The molecule has 0 spiro atoms. The number of nitrogen functional groups attached to an aromatic ring is 1. The summed E-state index contributed by atoms with van der Waals surface area (Å²) in [6.07, 6.45) is 0. The molecule has 0 bridgehead atoms. The number of nitrogens with two attached hydrogens (primary N) is 1. The van der Waals surface area contributed by atoms with E-state index >= 15 is 0 Å². The van der Waals surface area contributed by atoms with E-state index in [1.807, 2.05) is 11.4 Å². The summed E-state index contributed by atoms with van der Waals surface area (Å²) >= 11 is 2.86. The summed E-state index contributed by atoms with van der Waals surface area (Å²) in [6.45, 7) is 0. The topological polar surface area (TPSA) is 61.0 Å². The molecule has 2 aromatic heterocycles. The second-order valence-corrected chi connectivity index (χ2v) is 3.97. The smallest absolute Gasteiger partial charge is 0.232 e. The molecule has 13 heavy (non-hydrogen) atoms. The van der Waals surface area contributed by atoms with Crippen LogP contribution in [0.5, 0.6) is 5.75 Å². The van der Waals surface area contributed by atoms with Gasteiger partial charge >= 0.3 is 0 Å². The Morgan fingerprint density at radius 1 is 1.54 bits per heavy atom. The summed E-state index contributed by atoms with van der Waals surface area (Å²) in [4.78, 5) is 5.10. The minimum Gasteiger partial charge on any atom is -0.496 e. The van der Waals surface area contributed by atoms with Crippen molar-refractivity contribution in [2.75, 3.05) is 12.8 Å². The number of hydrogen-bond acceptors (Lipinski definition) is 6. The van der Waals surface area contributed by atoms with Gasteiger partial charge in [-0.25, -0.2) is 0 Å². The summed E-state index contributed by atoms with van der Waals surface area (Å²) in [5, 5.41) is 2.76. The molecule has 4 nitrogen and oxygen atoms in total. The molecule has 2 heterocycles. The van der Waals surface area contributed by atoms with Gasteiger partial charge in [-0.3, -0.25) is 0 Å². The molecule has 0 unspecified atom stereocenters. The molecule has 0 amide bonds. The van der Waals surface area contributed by atoms with Crippen molar-refractivity contribution in [3.05, 3.63) is 11.4 Å². The second-order valence-electron chi connectivity index (χ2n) is 2.31. The van der Waals surface area contributed by atoms with E-state index in [0.717, 1.165) is 15.6 Å². The Kier molecular flexibility index (Phi) is 2.15. The SMILES string of the molecule is COc1csc(-c2nc(N)ns2)c1. The summed E-state index contributed by atoms with van der Waals surface area (Å²) in [6, 6.07) is 1.92. The maximum Gasteiger partial charge on any atom is 0.232 e. The lowest BCUT2D eigenvalue weighted by Gasteiger charge is -1.88. The van der Waals surface area contributed by atoms with Gasteiger partial charge in [0, 0.05) is 11.4 Å². The number of rotatable bonds is 2. The van der Waals surface area contributed by atoms with Crippen LogP contribution in [0.25, 0.3) is 9.88 Å². The van der Waals surface area contributed by atoms with E-state index in [2.05, 4.69) is 9.36 Å². The van der Waals surface area contributed by atoms with Crippen LogP contribution in [0.2, 0.25) is 0 Å². The Bertz CT molecular complexity index is 409. The highest BCUT2D eigenvalue weighted by atomic mass is 32.1. The van der Waals surface area contributed by atoms with Gasteiger partial charge in [0.15, 0.2) is 5.01 Å². The highest BCUT2D eigenvalue weighted by Crippen LogP contribution is 2.32. The predicted molar refractivity (Wildman–Crippen MR) is 54.2 cm³/mol. The standard InChI is InChI=1S/C7H7N3OS2/c1-11-4-2-5(12-3-4)6-9-7(8)10-13-6/h2-3H,1H3,(H2,8,10). The van der Waals surface area contributed by atoms with Crippen molar-refractivity contribution < 1.29 is 4.74 Å². The largest absolute Gasteiger partial charge is 0.496 e. The Labute approximate surface area is 83.2 Å². The van der Waals surface area contributed by atoms with Crippen LogP contribution in [-0.2, 0) is 0 Å². The molecule has 2 aromatic rings. The zero-order chi connectivity index (χ0) is 9.26. The third kappa shape index (κ3) is 1.63. The summed E-state index contributed by atoms with van der Waals surface area (Å²) in [5.74, 6) is 1.17. The Hall–Kier alpha value is -1.14. The van der Waals surface area contributed by atoms with Crippen molar-refractivity contribution in [2.24, 2.45) is 0 Å². The van der Waals surface area contributed by atoms with Crippen molar-refractivity contribution in [1.29, 1.82) is 0 Å². The molecule has 2 N–H and O–H groups in total. The molecule has 0 aromatic carbocycles. The molecular weight excluding hydrogens is 206 g/mol. The fourth-order valence-corrected chi connectivity index (χ4v) is 2.37. The fourth-order valence-electron chi connectivity index (χ4n) is 0.873. The average Bonchev–Trinajstić information content (AvgIpc) is 2.71. The molecule has 0 saturated carbocycles. The number of nitrogens with zero attached hydrogens (tertiary/aromatic N) is 2. The van der Waals surface area contributed by atoms with Gasteiger partial charge in [0.2, 0.25) is 5.95 Å². The van der Waals surface area contributed by atoms with Gasteiger partial charge in [0.1, 0.15) is 5.75 Å². The van der Waals surface area contributed by atoms with E-state index in [1.54, 1.807) is 18.4 Å². The summed E-state index contributed by atoms with van der Waals surface area (Å²) in [7, 11) is 1.64. The third-order valence-electron chi connectivity index (χ3n) is 1.46. The van der Waals surface area contributed by atoms with E-state index in [0.29, 0.717) is 5.95 Å². The quantitative estimate of drug-likeness (QED) is 0.827. The molecule has 0 aliphatic carbocycles. The molecule has 0 fully saturated rings. The van der Waals surface area contributed by atoms with E-state index in [9.17, 15) is 0 Å². The first-order valence-electron chi connectivity index (χ1n) is 3.51. The molecule has 0 atom stereocenters. The Balaban J connectivity index is 2.35. The Morgan fingerprint density at radius 2 is 2.38 bits per heavy atom. The minimum absolute atomic E-state index is 0.326. The lowest BCUT2D eigenvalue weighted by atomic mass is 10.4. The maximum absolute atomic E-state index is 5.42. The van der Waals surface area contributed by atoms with E-state index < -0.39 is 0 Å². The number of hydrogen-bond donors (Lipinski definition) is 1. The van der Waals surface area contributed by atoms with Crippen molar-refractivity contribution in [1.82, 2.24) is 9.36 Å². The van der Waals surface area contributed by atoms with Gasteiger partial charge in [-0.05, 0) is 11.5 Å². The van der Waals surface area contributed by atoms with Crippen molar-refractivity contribution in [3.63, 3.8) is 0 Å². The minimum atomic E-state index is 0.326. The Morgan fingerprint density at radius 3 is 2.92 bits per heavy atom. The van der Waals surface area contributed by atoms with Crippen LogP contribution in [0.15, 0.2) is 11.4 Å². The van der Waals surface area contributed by atoms with Gasteiger partial charge in [0.05, 0.1) is 12.0 Å². The number of thiophene rings is 1. The van der Waals surface area contributed by atoms with Crippen LogP contribution in [0.4, 0.5) is 5.95 Å². The first kappa shape index (κ1) is 8.46. The lowest BCUT2D eigenvalue weighted by molar-refractivity contribution is 0.417. The summed E-state index contributed by atoms with van der Waals surface area (Å²) < 4.78 is 8.96. The van der Waals surface area contributed by atoms with Crippen LogP contribution in [0.1, 0.15) is 0 Å². The van der Waals surface area contributed by atoms with Crippen molar-refractivity contribution in [2.45, 2.75) is 0 Å². The fraction of sp³-hybridized carbons (Fsp3) is 0.143. The van der Waals surface area contributed by atoms with Gasteiger partial charge in [-0.15, -0.1) is 11.3 Å². The molecule has 0 saturated heterocycles. The number of ether oxygens (including phenoxy) is 1. The lowest BCUT2D eigenvalue weighted by Crippen LogP contribution is -1.84. The van der Waals surface area contributed by atoms with E-state index in [-0.39, 0.29) is 0 Å². The first-order chi connectivity index (χ1) is 6.29. The van der Waals surface area contributed by atoms with Crippen molar-refractivity contribution in [3.8, 4) is 15.6 Å². The van der Waals surface area contributed by atoms with Crippen LogP contribution >= 0.6 is 22.9 Å². The predicted octanol–water partition coefficient (Wildman–Crippen LogP) is 1.86. The number of methoxy groups -OCH3 is 1. The van der Waals surface area contributed by atoms with Gasteiger partial charge < -0.3 is 10.5 Å². The monoisotopic (exact) mass is 213 g/mol. The average molecular weight is 213 g/mol. The molecule has 0 aliphatic heterocycles. The second kappa shape index (κ2) is 3.31. The van der Waals surface area contributed by atoms with E-state index in [1.165, 1.54) is 11.5 Å². The number of aromatic nitrogens is 2. The van der Waals surface area contributed by atoms with Crippen LogP contribution in [-0.4, -0.2) is 16.5 Å². The normalized spacial score (nSPS) is 10.2. The van der Waals surface area contributed by atoms with Crippen LogP contribution < -0.4 is 10.5 Å². The highest BCUT2D eigenvalue weighted by molar-refractivity contribution is 7.18. The first-order valence-corrected chi connectivity index (χ1v) is 5.17. The zero-order valence-electron chi connectivity index (χ0n) is 6.85. The molecular formula is C7H7N3OS2. The number of anilines is 1.